The number of nitrogens with one attached hydrogen (secondary N) is 1. The molecule has 8 heteroatoms. The van der Waals surface area contributed by atoms with Crippen LogP contribution in [0.4, 0.5) is 6.01 Å². The maximum absolute atomic E-state index is 12.5. The van der Waals surface area contributed by atoms with Gasteiger partial charge >= 0.3 is 6.01 Å². The first kappa shape index (κ1) is 19.3. The average molecular weight is 401 g/mol. The standard InChI is InChI=1S/C22H19N5O3/c1-14(2)27-18(12-13-23-27)21-25-26-22(30-21)24-20(29)17-10-8-16(9-11-17)19(28)15-6-4-3-5-7-15/h3-14H,1-2H3,(H,24,26,29). The summed E-state index contributed by atoms with van der Waals surface area (Å²) in [5.41, 5.74) is 2.13. The van der Waals surface area contributed by atoms with Crippen LogP contribution in [0.5, 0.6) is 0 Å². The molecule has 4 aromatic rings. The topological polar surface area (TPSA) is 103 Å². The molecule has 4 rings (SSSR count). The van der Waals surface area contributed by atoms with Crippen molar-refractivity contribution in [1.82, 2.24) is 20.0 Å². The molecule has 150 valence electrons. The molecular weight excluding hydrogens is 382 g/mol. The molecule has 1 amide bonds. The number of amides is 1. The van der Waals surface area contributed by atoms with Crippen LogP contribution in [0.25, 0.3) is 11.6 Å². The summed E-state index contributed by atoms with van der Waals surface area (Å²) in [6.45, 7) is 3.98. The van der Waals surface area contributed by atoms with Crippen LogP contribution >= 0.6 is 0 Å². The molecule has 30 heavy (non-hydrogen) atoms. The molecule has 0 unspecified atom stereocenters. The van der Waals surface area contributed by atoms with Gasteiger partial charge in [0.1, 0.15) is 5.69 Å². The highest BCUT2D eigenvalue weighted by Gasteiger charge is 2.17. The van der Waals surface area contributed by atoms with E-state index in [1.807, 2.05) is 32.0 Å². The lowest BCUT2D eigenvalue weighted by Gasteiger charge is -2.07. The highest BCUT2D eigenvalue weighted by molar-refractivity contribution is 6.10. The maximum atomic E-state index is 12.5. The zero-order valence-electron chi connectivity index (χ0n) is 16.4. The van der Waals surface area contributed by atoms with E-state index in [-0.39, 0.29) is 23.7 Å². The quantitative estimate of drug-likeness (QED) is 0.490. The van der Waals surface area contributed by atoms with Crippen LogP contribution in [0.2, 0.25) is 0 Å². The highest BCUT2D eigenvalue weighted by atomic mass is 16.4. The van der Waals surface area contributed by atoms with E-state index in [1.54, 1.807) is 53.3 Å². The Morgan fingerprint density at radius 1 is 0.900 bits per heavy atom. The molecule has 2 aromatic carbocycles. The largest absolute Gasteiger partial charge is 0.401 e. The van der Waals surface area contributed by atoms with E-state index in [4.69, 9.17) is 4.42 Å². The molecule has 8 nitrogen and oxygen atoms in total. The summed E-state index contributed by atoms with van der Waals surface area (Å²) in [6.07, 6.45) is 1.65. The highest BCUT2D eigenvalue weighted by Crippen LogP contribution is 2.22. The summed E-state index contributed by atoms with van der Waals surface area (Å²) in [5.74, 6) is -0.257. The van der Waals surface area contributed by atoms with Gasteiger partial charge in [-0.15, -0.1) is 5.10 Å². The summed E-state index contributed by atoms with van der Waals surface area (Å²) in [7, 11) is 0. The Morgan fingerprint density at radius 3 is 2.27 bits per heavy atom. The van der Waals surface area contributed by atoms with Crippen molar-refractivity contribution in [1.29, 1.82) is 0 Å². The van der Waals surface area contributed by atoms with Gasteiger partial charge in [0.05, 0.1) is 0 Å². The number of hydrogen-bond donors (Lipinski definition) is 1. The first-order valence-electron chi connectivity index (χ1n) is 9.41. The predicted octanol–water partition coefficient (Wildman–Crippen LogP) is 4.00. The van der Waals surface area contributed by atoms with Crippen molar-refractivity contribution >= 4 is 17.7 Å². The minimum absolute atomic E-state index is 0.0176. The van der Waals surface area contributed by atoms with Gasteiger partial charge in [-0.25, -0.2) is 0 Å². The van der Waals surface area contributed by atoms with Gasteiger partial charge in [0.15, 0.2) is 5.78 Å². The summed E-state index contributed by atoms with van der Waals surface area (Å²) in [4.78, 5) is 25.0. The van der Waals surface area contributed by atoms with E-state index >= 15 is 0 Å². The molecule has 0 aliphatic heterocycles. The molecule has 1 N–H and O–H groups in total. The fourth-order valence-corrected chi connectivity index (χ4v) is 2.97. The lowest BCUT2D eigenvalue weighted by atomic mass is 10.0. The monoisotopic (exact) mass is 401 g/mol. The fraction of sp³-hybridized carbons (Fsp3) is 0.136. The molecule has 2 heterocycles. The van der Waals surface area contributed by atoms with Crippen molar-refractivity contribution < 1.29 is 14.0 Å². The van der Waals surface area contributed by atoms with Crippen LogP contribution < -0.4 is 5.32 Å². The number of rotatable bonds is 6. The number of carbonyl (C=O) groups excluding carboxylic acids is 2. The molecule has 0 aliphatic carbocycles. The van der Waals surface area contributed by atoms with Gasteiger partial charge in [-0.05, 0) is 32.0 Å². The van der Waals surface area contributed by atoms with Crippen LogP contribution in [-0.2, 0) is 0 Å². The Morgan fingerprint density at radius 2 is 1.57 bits per heavy atom. The summed E-state index contributed by atoms with van der Waals surface area (Å²) >= 11 is 0. The number of ketones is 1. The summed E-state index contributed by atoms with van der Waals surface area (Å²) < 4.78 is 7.31. The van der Waals surface area contributed by atoms with Gasteiger partial charge in [-0.3, -0.25) is 19.6 Å². The normalized spacial score (nSPS) is 10.9. The van der Waals surface area contributed by atoms with Crippen LogP contribution in [0.1, 0.15) is 46.2 Å². The number of hydrogen-bond acceptors (Lipinski definition) is 6. The molecule has 0 saturated carbocycles. The molecule has 0 fully saturated rings. The van der Waals surface area contributed by atoms with Crippen LogP contribution in [0, 0.1) is 0 Å². The van der Waals surface area contributed by atoms with Gasteiger partial charge in [-0.1, -0.05) is 47.6 Å². The number of benzene rings is 2. The Bertz CT molecular complexity index is 1180. The molecule has 2 aromatic heterocycles. The molecule has 0 spiro atoms. The number of nitrogens with zero attached hydrogens (tertiary/aromatic N) is 4. The second-order valence-electron chi connectivity index (χ2n) is 6.89. The molecule has 0 bridgehead atoms. The van der Waals surface area contributed by atoms with E-state index in [1.165, 1.54) is 0 Å². The third-order valence-corrected chi connectivity index (χ3v) is 4.47. The number of aromatic nitrogens is 4. The number of carbonyl (C=O) groups is 2. The van der Waals surface area contributed by atoms with E-state index < -0.39 is 5.91 Å². The molecule has 0 radical (unpaired) electrons. The van der Waals surface area contributed by atoms with E-state index in [9.17, 15) is 9.59 Å². The first-order chi connectivity index (χ1) is 14.5. The van der Waals surface area contributed by atoms with Gasteiger partial charge in [-0.2, -0.15) is 5.10 Å². The molecule has 0 aliphatic rings. The zero-order chi connectivity index (χ0) is 21.1. The van der Waals surface area contributed by atoms with Gasteiger partial charge in [0, 0.05) is 28.9 Å². The van der Waals surface area contributed by atoms with Crippen molar-refractivity contribution in [3.63, 3.8) is 0 Å². The van der Waals surface area contributed by atoms with Crippen molar-refractivity contribution in [2.24, 2.45) is 0 Å². The lowest BCUT2D eigenvalue weighted by molar-refractivity contribution is 0.101. The predicted molar refractivity (Wildman–Crippen MR) is 110 cm³/mol. The SMILES string of the molecule is CC(C)n1nccc1-c1nnc(NC(=O)c2ccc(C(=O)c3ccccc3)cc2)o1. The fourth-order valence-electron chi connectivity index (χ4n) is 2.97. The zero-order valence-corrected chi connectivity index (χ0v) is 16.4. The lowest BCUT2D eigenvalue weighted by Crippen LogP contribution is -2.12. The van der Waals surface area contributed by atoms with E-state index in [0.29, 0.717) is 22.4 Å². The third kappa shape index (κ3) is 3.88. The van der Waals surface area contributed by atoms with Crippen molar-refractivity contribution in [3.8, 4) is 11.6 Å². The minimum Gasteiger partial charge on any atom is -0.401 e. The average Bonchev–Trinajstić information content (AvgIpc) is 3.43. The van der Waals surface area contributed by atoms with Gasteiger partial charge in [0.2, 0.25) is 0 Å². The minimum atomic E-state index is -0.415. The van der Waals surface area contributed by atoms with Crippen molar-refractivity contribution in [2.45, 2.75) is 19.9 Å². The van der Waals surface area contributed by atoms with E-state index in [0.717, 1.165) is 0 Å². The number of anilines is 1. The van der Waals surface area contributed by atoms with Gasteiger partial charge in [0.25, 0.3) is 11.8 Å². The second-order valence-corrected chi connectivity index (χ2v) is 6.89. The summed E-state index contributed by atoms with van der Waals surface area (Å²) in [6, 6.07) is 17.2. The second kappa shape index (κ2) is 8.12. The Labute approximate surface area is 172 Å². The smallest absolute Gasteiger partial charge is 0.322 e. The Balaban J connectivity index is 1.46. The molecule has 0 saturated heterocycles. The third-order valence-electron chi connectivity index (χ3n) is 4.47. The van der Waals surface area contributed by atoms with Crippen LogP contribution in [-0.4, -0.2) is 31.7 Å². The van der Waals surface area contributed by atoms with E-state index in [2.05, 4.69) is 20.6 Å². The van der Waals surface area contributed by atoms with Crippen LogP contribution in [0.15, 0.2) is 71.3 Å². The Hall–Kier alpha value is -4.07. The van der Waals surface area contributed by atoms with Crippen LogP contribution in [0.3, 0.4) is 0 Å². The van der Waals surface area contributed by atoms with Crippen molar-refractivity contribution in [3.05, 3.63) is 83.6 Å². The first-order valence-corrected chi connectivity index (χ1v) is 9.41. The van der Waals surface area contributed by atoms with Crippen molar-refractivity contribution in [2.75, 3.05) is 5.32 Å². The Kier molecular flexibility index (Phi) is 5.21. The molecular formula is C22H19N5O3. The maximum Gasteiger partial charge on any atom is 0.322 e. The van der Waals surface area contributed by atoms with Gasteiger partial charge < -0.3 is 4.42 Å². The summed E-state index contributed by atoms with van der Waals surface area (Å²) in [5, 5.41) is 14.7. The molecule has 0 atom stereocenters.